The van der Waals surface area contributed by atoms with E-state index in [0.717, 1.165) is 53.7 Å². The molecule has 5 nitrogen and oxygen atoms in total. The molecule has 0 aliphatic heterocycles. The number of aliphatic hydroxyl groups is 1. The number of nitrogens with one attached hydrogen (secondary N) is 1. The summed E-state index contributed by atoms with van der Waals surface area (Å²) in [6.45, 7) is 0. The Bertz CT molecular complexity index is 901. The second-order valence-electron chi connectivity index (χ2n) is 6.55. The molecular formula is C20H20ClN3O2. The second-order valence-corrected chi connectivity index (χ2v) is 6.93. The summed E-state index contributed by atoms with van der Waals surface area (Å²) in [5, 5.41) is 15.8. The van der Waals surface area contributed by atoms with Gasteiger partial charge in [0.2, 0.25) is 0 Å². The molecule has 2 atom stereocenters. The third kappa shape index (κ3) is 3.74. The van der Waals surface area contributed by atoms with Gasteiger partial charge in [0, 0.05) is 11.6 Å². The Morgan fingerprint density at radius 3 is 2.77 bits per heavy atom. The van der Waals surface area contributed by atoms with Gasteiger partial charge in [-0.3, -0.25) is 0 Å². The Balaban J connectivity index is 1.58. The van der Waals surface area contributed by atoms with Crippen molar-refractivity contribution in [1.29, 1.82) is 0 Å². The van der Waals surface area contributed by atoms with E-state index < -0.39 is 0 Å². The van der Waals surface area contributed by atoms with Gasteiger partial charge in [-0.05, 0) is 61.0 Å². The van der Waals surface area contributed by atoms with Crippen molar-refractivity contribution in [2.75, 3.05) is 5.32 Å². The van der Waals surface area contributed by atoms with Gasteiger partial charge in [0.1, 0.15) is 22.8 Å². The predicted octanol–water partition coefficient (Wildman–Crippen LogP) is 4.71. The van der Waals surface area contributed by atoms with Crippen LogP contribution in [0.5, 0.6) is 5.75 Å². The highest BCUT2D eigenvalue weighted by atomic mass is 35.5. The summed E-state index contributed by atoms with van der Waals surface area (Å²) in [6, 6.07) is 11.4. The molecule has 1 fully saturated rings. The molecular weight excluding hydrogens is 350 g/mol. The fourth-order valence-electron chi connectivity index (χ4n) is 3.30. The van der Waals surface area contributed by atoms with Crippen molar-refractivity contribution < 1.29 is 9.84 Å². The molecule has 0 unspecified atom stereocenters. The molecule has 1 aliphatic rings. The highest BCUT2D eigenvalue weighted by Gasteiger charge is 2.24. The van der Waals surface area contributed by atoms with Crippen LogP contribution in [0.4, 0.5) is 11.5 Å². The molecule has 2 aromatic heterocycles. The third-order valence-corrected chi connectivity index (χ3v) is 4.90. The molecule has 4 rings (SSSR count). The first kappa shape index (κ1) is 17.1. The fourth-order valence-corrected chi connectivity index (χ4v) is 3.42. The number of halogens is 1. The van der Waals surface area contributed by atoms with Crippen LogP contribution in [0.25, 0.3) is 10.8 Å². The molecule has 134 valence electrons. The third-order valence-electron chi connectivity index (χ3n) is 4.68. The van der Waals surface area contributed by atoms with Gasteiger partial charge in [-0.15, -0.1) is 0 Å². The number of rotatable bonds is 4. The first-order chi connectivity index (χ1) is 12.7. The summed E-state index contributed by atoms with van der Waals surface area (Å²) in [4.78, 5) is 8.50. The summed E-state index contributed by atoms with van der Waals surface area (Å²) in [5.74, 6) is 1.52. The van der Waals surface area contributed by atoms with Crippen LogP contribution in [0.1, 0.15) is 25.7 Å². The van der Waals surface area contributed by atoms with Crippen LogP contribution in [0, 0.1) is 0 Å². The lowest BCUT2D eigenvalue weighted by atomic mass is 9.95. The van der Waals surface area contributed by atoms with Crippen molar-refractivity contribution in [2.24, 2.45) is 0 Å². The quantitative estimate of drug-likeness (QED) is 0.652. The van der Waals surface area contributed by atoms with Gasteiger partial charge in [0.25, 0.3) is 0 Å². The largest absolute Gasteiger partial charge is 0.488 e. The van der Waals surface area contributed by atoms with E-state index in [9.17, 15) is 5.11 Å². The number of hydrogen-bond acceptors (Lipinski definition) is 5. The lowest BCUT2D eigenvalue weighted by Gasteiger charge is -2.28. The number of ether oxygens (including phenoxy) is 1. The molecule has 2 heterocycles. The molecule has 1 aliphatic carbocycles. The molecule has 0 spiro atoms. The maximum Gasteiger partial charge on any atom is 0.138 e. The van der Waals surface area contributed by atoms with Gasteiger partial charge < -0.3 is 15.2 Å². The summed E-state index contributed by atoms with van der Waals surface area (Å²) in [6.07, 6.45) is 6.80. The molecule has 0 amide bonds. The monoisotopic (exact) mass is 369 g/mol. The zero-order chi connectivity index (χ0) is 17.9. The minimum absolute atomic E-state index is 0.124. The van der Waals surface area contributed by atoms with Gasteiger partial charge in [-0.25, -0.2) is 9.97 Å². The Morgan fingerprint density at radius 2 is 1.96 bits per heavy atom. The zero-order valence-corrected chi connectivity index (χ0v) is 15.0. The molecule has 0 radical (unpaired) electrons. The minimum atomic E-state index is -0.383. The minimum Gasteiger partial charge on any atom is -0.488 e. The van der Waals surface area contributed by atoms with Gasteiger partial charge in [-0.1, -0.05) is 18.0 Å². The van der Waals surface area contributed by atoms with Gasteiger partial charge in [-0.2, -0.15) is 0 Å². The summed E-state index contributed by atoms with van der Waals surface area (Å²) in [7, 11) is 0. The fraction of sp³-hybridized carbons (Fsp3) is 0.300. The van der Waals surface area contributed by atoms with Gasteiger partial charge >= 0.3 is 0 Å². The summed E-state index contributed by atoms with van der Waals surface area (Å²) in [5.41, 5.74) is 0.819. The molecule has 0 bridgehead atoms. The van der Waals surface area contributed by atoms with E-state index in [1.165, 1.54) is 0 Å². The number of hydrogen-bond donors (Lipinski definition) is 2. The first-order valence-electron chi connectivity index (χ1n) is 8.81. The molecule has 1 saturated carbocycles. The average molecular weight is 370 g/mol. The van der Waals surface area contributed by atoms with E-state index in [-0.39, 0.29) is 12.2 Å². The van der Waals surface area contributed by atoms with Crippen molar-refractivity contribution in [2.45, 2.75) is 37.9 Å². The number of fused-ring (bicyclic) bond motifs is 1. The van der Waals surface area contributed by atoms with E-state index >= 15 is 0 Å². The van der Waals surface area contributed by atoms with Gasteiger partial charge in [0.05, 0.1) is 18.0 Å². The molecule has 1 aromatic carbocycles. The molecule has 3 aromatic rings. The van der Waals surface area contributed by atoms with E-state index in [2.05, 4.69) is 15.3 Å². The van der Waals surface area contributed by atoms with E-state index in [1.54, 1.807) is 18.5 Å². The number of nitrogens with zero attached hydrogens (tertiary/aromatic N) is 2. The van der Waals surface area contributed by atoms with Crippen LogP contribution in [0.3, 0.4) is 0 Å². The Kier molecular flexibility index (Phi) is 4.91. The topological polar surface area (TPSA) is 67.3 Å². The zero-order valence-electron chi connectivity index (χ0n) is 14.2. The van der Waals surface area contributed by atoms with Crippen molar-refractivity contribution in [3.63, 3.8) is 0 Å². The van der Waals surface area contributed by atoms with Crippen LogP contribution in [0.2, 0.25) is 5.15 Å². The molecule has 6 heteroatoms. The van der Waals surface area contributed by atoms with Crippen molar-refractivity contribution in [3.05, 3.63) is 53.9 Å². The van der Waals surface area contributed by atoms with Gasteiger partial charge in [0.15, 0.2) is 0 Å². The highest BCUT2D eigenvalue weighted by molar-refractivity contribution is 6.29. The second kappa shape index (κ2) is 7.48. The van der Waals surface area contributed by atoms with E-state index in [0.29, 0.717) is 5.15 Å². The van der Waals surface area contributed by atoms with E-state index in [1.807, 2.05) is 30.3 Å². The maximum absolute atomic E-state index is 10.1. The number of aromatic nitrogens is 2. The van der Waals surface area contributed by atoms with Crippen LogP contribution >= 0.6 is 11.6 Å². The lowest BCUT2D eigenvalue weighted by Crippen LogP contribution is -2.34. The summed E-state index contributed by atoms with van der Waals surface area (Å²) >= 11 is 5.83. The maximum atomic E-state index is 10.1. The van der Waals surface area contributed by atoms with Crippen molar-refractivity contribution >= 4 is 33.9 Å². The highest BCUT2D eigenvalue weighted by Crippen LogP contribution is 2.30. The number of anilines is 2. The van der Waals surface area contributed by atoms with Crippen molar-refractivity contribution in [3.8, 4) is 5.75 Å². The summed E-state index contributed by atoms with van der Waals surface area (Å²) < 4.78 is 6.03. The first-order valence-corrected chi connectivity index (χ1v) is 9.19. The number of aliphatic hydroxyl groups excluding tert-OH is 1. The SMILES string of the molecule is O[C@@H]1CCCC[C@@H]1Oc1ccc2c(Nc3ccc(Cl)nc3)nccc2c1. The molecule has 0 saturated heterocycles. The average Bonchev–Trinajstić information content (AvgIpc) is 2.65. The van der Waals surface area contributed by atoms with Crippen molar-refractivity contribution in [1.82, 2.24) is 9.97 Å². The Hall–Kier alpha value is -2.37. The smallest absolute Gasteiger partial charge is 0.138 e. The Labute approximate surface area is 157 Å². The standard InChI is InChI=1S/C20H20ClN3O2/c21-19-8-5-14(12-23-19)24-20-16-7-6-15(11-13(16)9-10-22-20)26-18-4-2-1-3-17(18)25/h5-12,17-18,25H,1-4H2,(H,22,24)/t17-,18+/m1/s1. The van der Waals surface area contributed by atoms with E-state index in [4.69, 9.17) is 16.3 Å². The van der Waals surface area contributed by atoms with Crippen LogP contribution in [-0.2, 0) is 0 Å². The number of benzene rings is 1. The van der Waals surface area contributed by atoms with Crippen LogP contribution in [0.15, 0.2) is 48.8 Å². The normalized spacial score (nSPS) is 20.1. The molecule has 26 heavy (non-hydrogen) atoms. The van der Waals surface area contributed by atoms with Crippen LogP contribution in [-0.4, -0.2) is 27.3 Å². The predicted molar refractivity (Wildman–Crippen MR) is 103 cm³/mol. The Morgan fingerprint density at radius 1 is 1.08 bits per heavy atom. The van der Waals surface area contributed by atoms with Crippen LogP contribution < -0.4 is 10.1 Å². The molecule has 2 N–H and O–H groups in total. The number of pyridine rings is 2. The lowest BCUT2D eigenvalue weighted by molar-refractivity contribution is 0.00694.